The van der Waals surface area contributed by atoms with Gasteiger partial charge in [-0.15, -0.1) is 17.5 Å². The van der Waals surface area contributed by atoms with Gasteiger partial charge < -0.3 is 14.9 Å². The second-order valence-electron chi connectivity index (χ2n) is 5.66. The van der Waals surface area contributed by atoms with Crippen molar-refractivity contribution < 1.29 is 9.15 Å². The lowest BCUT2D eigenvalue weighted by Gasteiger charge is -2.26. The molecule has 1 aliphatic carbocycles. The van der Waals surface area contributed by atoms with Crippen LogP contribution in [-0.2, 0) is 0 Å². The van der Waals surface area contributed by atoms with E-state index in [9.17, 15) is 4.79 Å². The van der Waals surface area contributed by atoms with Crippen LogP contribution in [0.4, 0.5) is 0 Å². The largest absolute Gasteiger partial charge is 0.492 e. The molecule has 1 aromatic heterocycles. The average molecular weight is 405 g/mol. The van der Waals surface area contributed by atoms with Crippen LogP contribution in [0.1, 0.15) is 25.7 Å². The van der Waals surface area contributed by atoms with Crippen molar-refractivity contribution in [3.8, 4) is 17.2 Å². The zero-order valence-electron chi connectivity index (χ0n) is 12.5. The summed E-state index contributed by atoms with van der Waals surface area (Å²) < 4.78 is 11.8. The molecule has 126 valence electrons. The Labute approximate surface area is 148 Å². The number of rotatable bonds is 4. The lowest BCUT2D eigenvalue weighted by Crippen LogP contribution is -2.28. The van der Waals surface area contributed by atoms with Crippen LogP contribution in [0.2, 0.25) is 0 Å². The van der Waals surface area contributed by atoms with Gasteiger partial charge in [-0.3, -0.25) is 0 Å². The first kappa shape index (κ1) is 18.0. The lowest BCUT2D eigenvalue weighted by molar-refractivity contribution is 0.200. The van der Waals surface area contributed by atoms with E-state index in [0.29, 0.717) is 24.1 Å². The minimum absolute atomic E-state index is 0. The summed E-state index contributed by atoms with van der Waals surface area (Å²) in [5.74, 6) is 0.946. The fourth-order valence-electron chi connectivity index (χ4n) is 2.66. The predicted octanol–water partition coefficient (Wildman–Crippen LogP) is 3.11. The molecule has 0 radical (unpaired) electrons. The minimum Gasteiger partial charge on any atom is -0.492 e. The molecular weight excluding hydrogens is 386 g/mol. The summed E-state index contributed by atoms with van der Waals surface area (Å²) in [5.41, 5.74) is 6.62. The van der Waals surface area contributed by atoms with Gasteiger partial charge in [-0.05, 0) is 65.7 Å². The highest BCUT2D eigenvalue weighted by molar-refractivity contribution is 9.10. The Morgan fingerprint density at radius 1 is 1.35 bits per heavy atom. The Hall–Kier alpha value is -1.31. The van der Waals surface area contributed by atoms with Crippen molar-refractivity contribution >= 4 is 28.3 Å². The highest BCUT2D eigenvalue weighted by Gasteiger charge is 2.19. The fourth-order valence-corrected chi connectivity index (χ4v) is 3.02. The van der Waals surface area contributed by atoms with Crippen molar-refractivity contribution in [1.82, 2.24) is 10.2 Å². The van der Waals surface area contributed by atoms with Gasteiger partial charge >= 0.3 is 5.76 Å². The molecule has 1 saturated carbocycles. The molecule has 0 atom stereocenters. The first-order valence-electron chi connectivity index (χ1n) is 7.35. The number of benzene rings is 1. The van der Waals surface area contributed by atoms with Crippen molar-refractivity contribution in [1.29, 1.82) is 0 Å². The van der Waals surface area contributed by atoms with Crippen molar-refractivity contribution in [2.75, 3.05) is 6.61 Å². The molecule has 0 amide bonds. The summed E-state index contributed by atoms with van der Waals surface area (Å²) in [6, 6.07) is 5.83. The molecule has 1 fully saturated rings. The number of ether oxygens (including phenoxy) is 1. The number of nitrogens with two attached hydrogens (primary N) is 1. The Kier molecular flexibility index (Phi) is 6.26. The topological polar surface area (TPSA) is 94.1 Å². The Bertz CT molecular complexity index is 695. The van der Waals surface area contributed by atoms with E-state index in [2.05, 4.69) is 26.1 Å². The molecule has 1 heterocycles. The van der Waals surface area contributed by atoms with Crippen molar-refractivity contribution in [3.63, 3.8) is 0 Å². The van der Waals surface area contributed by atoms with Crippen LogP contribution >= 0.6 is 28.3 Å². The number of hydrogen-bond donors (Lipinski definition) is 2. The number of aromatic amines is 1. The number of nitrogens with zero attached hydrogens (tertiary/aromatic N) is 1. The fraction of sp³-hybridized carbons (Fsp3) is 0.467. The second-order valence-corrected chi connectivity index (χ2v) is 6.51. The van der Waals surface area contributed by atoms with E-state index in [4.69, 9.17) is 14.9 Å². The molecular formula is C15H19BrClN3O3. The molecule has 0 aliphatic heterocycles. The van der Waals surface area contributed by atoms with Crippen LogP contribution < -0.4 is 16.2 Å². The summed E-state index contributed by atoms with van der Waals surface area (Å²) in [6.45, 7) is 0.666. The molecule has 1 aromatic carbocycles. The summed E-state index contributed by atoms with van der Waals surface area (Å²) in [7, 11) is 0. The molecule has 3 rings (SSSR count). The maximum absolute atomic E-state index is 11.0. The van der Waals surface area contributed by atoms with E-state index < -0.39 is 5.76 Å². The molecule has 0 spiro atoms. The predicted molar refractivity (Wildman–Crippen MR) is 92.9 cm³/mol. The maximum Gasteiger partial charge on any atom is 0.434 e. The van der Waals surface area contributed by atoms with Gasteiger partial charge in [0.15, 0.2) is 0 Å². The molecule has 6 nitrogen and oxygen atoms in total. The highest BCUT2D eigenvalue weighted by atomic mass is 79.9. The average Bonchev–Trinajstić information content (AvgIpc) is 2.95. The summed E-state index contributed by atoms with van der Waals surface area (Å²) in [4.78, 5) is 11.0. The van der Waals surface area contributed by atoms with E-state index in [0.717, 1.165) is 35.9 Å². The van der Waals surface area contributed by atoms with Crippen molar-refractivity contribution in [2.24, 2.45) is 11.7 Å². The molecule has 23 heavy (non-hydrogen) atoms. The first-order chi connectivity index (χ1) is 10.6. The lowest BCUT2D eigenvalue weighted by atomic mass is 9.87. The van der Waals surface area contributed by atoms with E-state index in [-0.39, 0.29) is 18.3 Å². The Morgan fingerprint density at radius 3 is 2.74 bits per heavy atom. The Morgan fingerprint density at radius 2 is 2.09 bits per heavy atom. The number of hydrogen-bond acceptors (Lipinski definition) is 5. The molecule has 0 unspecified atom stereocenters. The van der Waals surface area contributed by atoms with Gasteiger partial charge in [-0.25, -0.2) is 9.89 Å². The number of H-pyrrole nitrogens is 1. The number of aromatic nitrogens is 2. The molecule has 2 aromatic rings. The zero-order valence-corrected chi connectivity index (χ0v) is 14.9. The zero-order chi connectivity index (χ0) is 15.5. The van der Waals surface area contributed by atoms with E-state index in [1.165, 1.54) is 0 Å². The number of halogens is 2. The molecule has 0 bridgehead atoms. The molecule has 0 saturated heterocycles. The third-order valence-electron chi connectivity index (χ3n) is 3.98. The standard InChI is InChI=1S/C15H18BrN3O3.ClH/c16-12-6-3-10(14-18-19-15(20)22-14)7-13(12)21-8-9-1-4-11(17)5-2-9;/h3,6-7,9,11H,1-2,4-5,8,17H2,(H,19,20);1H. The number of nitrogens with one attached hydrogen (secondary N) is 1. The quantitative estimate of drug-likeness (QED) is 0.816. The normalized spacial score (nSPS) is 20.8. The minimum atomic E-state index is -0.570. The SMILES string of the molecule is Cl.NC1CCC(COc2cc(-c3n[nH]c(=O)o3)ccc2Br)CC1. The van der Waals surface area contributed by atoms with Gasteiger partial charge in [0, 0.05) is 11.6 Å². The smallest absolute Gasteiger partial charge is 0.434 e. The summed E-state index contributed by atoms with van der Waals surface area (Å²) in [6.07, 6.45) is 4.33. The van der Waals surface area contributed by atoms with Gasteiger partial charge in [0.25, 0.3) is 0 Å². The van der Waals surface area contributed by atoms with Crippen LogP contribution in [0, 0.1) is 5.92 Å². The summed E-state index contributed by atoms with van der Waals surface area (Å²) in [5, 5.41) is 6.08. The molecule has 8 heteroatoms. The van der Waals surface area contributed by atoms with Crippen LogP contribution in [-0.4, -0.2) is 22.8 Å². The highest BCUT2D eigenvalue weighted by Crippen LogP contribution is 2.31. The van der Waals surface area contributed by atoms with Crippen LogP contribution in [0.15, 0.2) is 31.9 Å². The van der Waals surface area contributed by atoms with Gasteiger partial charge in [-0.2, -0.15) is 0 Å². The van der Waals surface area contributed by atoms with E-state index in [1.807, 2.05) is 18.2 Å². The summed E-state index contributed by atoms with van der Waals surface area (Å²) >= 11 is 3.48. The van der Waals surface area contributed by atoms with Crippen LogP contribution in [0.3, 0.4) is 0 Å². The monoisotopic (exact) mass is 403 g/mol. The Balaban J connectivity index is 0.00000192. The third kappa shape index (κ3) is 4.59. The van der Waals surface area contributed by atoms with Gasteiger partial charge in [0.05, 0.1) is 11.1 Å². The van der Waals surface area contributed by atoms with Crippen LogP contribution in [0.25, 0.3) is 11.5 Å². The third-order valence-corrected chi connectivity index (χ3v) is 4.64. The van der Waals surface area contributed by atoms with Crippen molar-refractivity contribution in [2.45, 2.75) is 31.7 Å². The first-order valence-corrected chi connectivity index (χ1v) is 8.15. The van der Waals surface area contributed by atoms with Gasteiger partial charge in [0.2, 0.25) is 5.89 Å². The van der Waals surface area contributed by atoms with E-state index in [1.54, 1.807) is 0 Å². The molecule has 1 aliphatic rings. The van der Waals surface area contributed by atoms with Crippen molar-refractivity contribution in [3.05, 3.63) is 33.2 Å². The van der Waals surface area contributed by atoms with Gasteiger partial charge in [-0.1, -0.05) is 0 Å². The van der Waals surface area contributed by atoms with E-state index >= 15 is 0 Å². The molecule has 3 N–H and O–H groups in total. The van der Waals surface area contributed by atoms with Gasteiger partial charge in [0.1, 0.15) is 5.75 Å². The second kappa shape index (κ2) is 7.99. The van der Waals surface area contributed by atoms with Crippen LogP contribution in [0.5, 0.6) is 5.75 Å². The maximum atomic E-state index is 11.0.